The van der Waals surface area contributed by atoms with Crippen molar-refractivity contribution >= 4 is 17.5 Å². The van der Waals surface area contributed by atoms with Crippen LogP contribution in [-0.4, -0.2) is 45.1 Å². The van der Waals surface area contributed by atoms with Crippen molar-refractivity contribution in [3.8, 4) is 11.3 Å². The summed E-state index contributed by atoms with van der Waals surface area (Å²) in [5.74, 6) is 0.138. The van der Waals surface area contributed by atoms with E-state index in [0.717, 1.165) is 16.8 Å². The van der Waals surface area contributed by atoms with E-state index in [4.69, 9.17) is 5.73 Å². The van der Waals surface area contributed by atoms with Gasteiger partial charge in [-0.2, -0.15) is 0 Å². The summed E-state index contributed by atoms with van der Waals surface area (Å²) in [5.41, 5.74) is 8.94. The van der Waals surface area contributed by atoms with E-state index in [9.17, 15) is 9.90 Å². The molecule has 1 fully saturated rings. The molecule has 1 saturated heterocycles. The smallest absolute Gasteiger partial charge is 0.246 e. The molecule has 2 aromatic carbocycles. The predicted octanol–water partition coefficient (Wildman–Crippen LogP) is 2.86. The van der Waals surface area contributed by atoms with E-state index in [1.807, 2.05) is 54.6 Å². The Balaban J connectivity index is 1.52. The SMILES string of the molecule is Nc1nccc(-c2ccc(NC(=O)[C@@H](c3ccccc3)N3CCC(O)CC3)cc2)n1. The van der Waals surface area contributed by atoms with Crippen molar-refractivity contribution < 1.29 is 9.90 Å². The van der Waals surface area contributed by atoms with E-state index in [0.29, 0.717) is 31.6 Å². The fourth-order valence-electron chi connectivity index (χ4n) is 3.78. The number of piperidine rings is 1. The lowest BCUT2D eigenvalue weighted by Crippen LogP contribution is -2.43. The maximum Gasteiger partial charge on any atom is 0.246 e. The van der Waals surface area contributed by atoms with Crippen LogP contribution in [0, 0.1) is 0 Å². The number of carbonyl (C=O) groups excluding carboxylic acids is 1. The first-order valence-electron chi connectivity index (χ1n) is 10.1. The molecule has 0 aliphatic carbocycles. The van der Waals surface area contributed by atoms with Crippen LogP contribution >= 0.6 is 0 Å². The zero-order valence-corrected chi connectivity index (χ0v) is 16.6. The Kier molecular flexibility index (Phi) is 6.02. The number of nitrogen functional groups attached to an aromatic ring is 1. The van der Waals surface area contributed by atoms with Gasteiger partial charge in [0.1, 0.15) is 6.04 Å². The van der Waals surface area contributed by atoms with Gasteiger partial charge in [0.15, 0.2) is 0 Å². The summed E-state index contributed by atoms with van der Waals surface area (Å²) >= 11 is 0. The van der Waals surface area contributed by atoms with E-state index >= 15 is 0 Å². The van der Waals surface area contributed by atoms with Crippen molar-refractivity contribution in [1.82, 2.24) is 14.9 Å². The Morgan fingerprint density at radius 2 is 1.77 bits per heavy atom. The van der Waals surface area contributed by atoms with Gasteiger partial charge in [0, 0.05) is 30.5 Å². The van der Waals surface area contributed by atoms with Crippen LogP contribution in [0.3, 0.4) is 0 Å². The minimum atomic E-state index is -0.403. The van der Waals surface area contributed by atoms with Crippen molar-refractivity contribution in [3.63, 3.8) is 0 Å². The highest BCUT2D eigenvalue weighted by atomic mass is 16.3. The quantitative estimate of drug-likeness (QED) is 0.605. The maximum absolute atomic E-state index is 13.2. The highest BCUT2D eigenvalue weighted by Crippen LogP contribution is 2.27. The van der Waals surface area contributed by atoms with Crippen molar-refractivity contribution in [3.05, 3.63) is 72.4 Å². The lowest BCUT2D eigenvalue weighted by Gasteiger charge is -2.35. The van der Waals surface area contributed by atoms with Gasteiger partial charge in [-0.25, -0.2) is 9.97 Å². The number of aromatic nitrogens is 2. The third-order valence-electron chi connectivity index (χ3n) is 5.35. The monoisotopic (exact) mass is 403 g/mol. The number of aliphatic hydroxyl groups excluding tert-OH is 1. The number of hydrogen-bond donors (Lipinski definition) is 3. The molecule has 0 unspecified atom stereocenters. The molecule has 1 amide bonds. The molecule has 1 aliphatic rings. The number of amides is 1. The highest BCUT2D eigenvalue weighted by Gasteiger charge is 2.30. The number of nitrogens with two attached hydrogens (primary N) is 1. The predicted molar refractivity (Wildman–Crippen MR) is 117 cm³/mol. The molecule has 7 nitrogen and oxygen atoms in total. The lowest BCUT2D eigenvalue weighted by atomic mass is 9.99. The minimum absolute atomic E-state index is 0.0865. The second kappa shape index (κ2) is 9.02. The fraction of sp³-hybridized carbons (Fsp3) is 0.261. The summed E-state index contributed by atoms with van der Waals surface area (Å²) in [6, 6.07) is 18.7. The number of hydrogen-bond acceptors (Lipinski definition) is 6. The molecule has 3 aromatic rings. The molecule has 30 heavy (non-hydrogen) atoms. The number of aliphatic hydroxyl groups is 1. The minimum Gasteiger partial charge on any atom is -0.393 e. The largest absolute Gasteiger partial charge is 0.393 e. The second-order valence-corrected chi connectivity index (χ2v) is 7.45. The number of nitrogens with one attached hydrogen (secondary N) is 1. The average molecular weight is 403 g/mol. The molecule has 1 aliphatic heterocycles. The third kappa shape index (κ3) is 4.64. The van der Waals surface area contributed by atoms with Crippen molar-refractivity contribution in [2.45, 2.75) is 25.0 Å². The van der Waals surface area contributed by atoms with Crippen LogP contribution in [0.4, 0.5) is 11.6 Å². The Hall–Kier alpha value is -3.29. The molecule has 0 spiro atoms. The molecule has 0 saturated carbocycles. The molecule has 1 atom stereocenters. The Bertz CT molecular complexity index is 986. The normalized spacial score (nSPS) is 16.2. The number of rotatable bonds is 5. The first-order valence-corrected chi connectivity index (χ1v) is 10.1. The number of likely N-dealkylation sites (tertiary alicyclic amines) is 1. The van der Waals surface area contributed by atoms with Gasteiger partial charge in [0.05, 0.1) is 11.8 Å². The molecule has 2 heterocycles. The molecule has 7 heteroatoms. The van der Waals surface area contributed by atoms with Crippen LogP contribution in [0.1, 0.15) is 24.4 Å². The van der Waals surface area contributed by atoms with Crippen LogP contribution in [0.25, 0.3) is 11.3 Å². The molecule has 4 N–H and O–H groups in total. The first-order chi connectivity index (χ1) is 14.6. The molecule has 0 radical (unpaired) electrons. The fourth-order valence-corrected chi connectivity index (χ4v) is 3.78. The summed E-state index contributed by atoms with van der Waals surface area (Å²) in [4.78, 5) is 23.5. The standard InChI is InChI=1S/C23H25N5O2/c24-23-25-13-10-20(27-23)16-6-8-18(9-7-16)26-22(30)21(17-4-2-1-3-5-17)28-14-11-19(29)12-15-28/h1-10,13,19,21,29H,11-12,14-15H2,(H,26,30)(H2,24,25,27)/t21-/m1/s1. The summed E-state index contributed by atoms with van der Waals surface area (Å²) in [7, 11) is 0. The molecule has 1 aromatic heterocycles. The van der Waals surface area contributed by atoms with Crippen LogP contribution in [0.2, 0.25) is 0 Å². The zero-order valence-electron chi connectivity index (χ0n) is 16.6. The van der Waals surface area contributed by atoms with Gasteiger partial charge in [-0.3, -0.25) is 9.69 Å². The van der Waals surface area contributed by atoms with Crippen LogP contribution in [0.15, 0.2) is 66.9 Å². The summed E-state index contributed by atoms with van der Waals surface area (Å²) in [6.07, 6.45) is 2.68. The summed E-state index contributed by atoms with van der Waals surface area (Å²) in [6.45, 7) is 1.37. The zero-order chi connectivity index (χ0) is 20.9. The van der Waals surface area contributed by atoms with Crippen LogP contribution in [-0.2, 0) is 4.79 Å². The second-order valence-electron chi connectivity index (χ2n) is 7.45. The molecule has 154 valence electrons. The van der Waals surface area contributed by atoms with Crippen molar-refractivity contribution in [2.75, 3.05) is 24.1 Å². The van der Waals surface area contributed by atoms with Crippen LogP contribution in [0.5, 0.6) is 0 Å². The third-order valence-corrected chi connectivity index (χ3v) is 5.35. The van der Waals surface area contributed by atoms with Gasteiger partial charge in [-0.15, -0.1) is 0 Å². The number of benzene rings is 2. The summed E-state index contributed by atoms with van der Waals surface area (Å²) in [5, 5.41) is 12.9. The molecule has 0 bridgehead atoms. The van der Waals surface area contributed by atoms with E-state index in [1.165, 1.54) is 0 Å². The van der Waals surface area contributed by atoms with Gasteiger partial charge >= 0.3 is 0 Å². The highest BCUT2D eigenvalue weighted by molar-refractivity contribution is 5.95. The topological polar surface area (TPSA) is 104 Å². The van der Waals surface area contributed by atoms with E-state index in [2.05, 4.69) is 20.2 Å². The van der Waals surface area contributed by atoms with Gasteiger partial charge in [-0.1, -0.05) is 42.5 Å². The summed E-state index contributed by atoms with van der Waals surface area (Å²) < 4.78 is 0. The van der Waals surface area contributed by atoms with E-state index in [-0.39, 0.29) is 18.0 Å². The van der Waals surface area contributed by atoms with Crippen molar-refractivity contribution in [1.29, 1.82) is 0 Å². The molecular weight excluding hydrogens is 378 g/mol. The lowest BCUT2D eigenvalue weighted by molar-refractivity contribution is -0.122. The number of nitrogens with zero attached hydrogens (tertiary/aromatic N) is 3. The van der Waals surface area contributed by atoms with Gasteiger partial charge < -0.3 is 16.2 Å². The van der Waals surface area contributed by atoms with Gasteiger partial charge in [0.25, 0.3) is 0 Å². The number of anilines is 2. The van der Waals surface area contributed by atoms with Gasteiger partial charge in [-0.05, 0) is 36.6 Å². The van der Waals surface area contributed by atoms with E-state index < -0.39 is 6.04 Å². The molecular formula is C23H25N5O2. The average Bonchev–Trinajstić information content (AvgIpc) is 2.77. The maximum atomic E-state index is 13.2. The first kappa shape index (κ1) is 20.0. The Labute approximate surface area is 175 Å². The number of carbonyl (C=O) groups is 1. The Morgan fingerprint density at radius 1 is 1.07 bits per heavy atom. The van der Waals surface area contributed by atoms with E-state index in [1.54, 1.807) is 12.3 Å². The van der Waals surface area contributed by atoms with Gasteiger partial charge in [0.2, 0.25) is 11.9 Å². The van der Waals surface area contributed by atoms with Crippen LogP contribution < -0.4 is 11.1 Å². The molecule has 4 rings (SSSR count). The van der Waals surface area contributed by atoms with Crippen molar-refractivity contribution in [2.24, 2.45) is 0 Å². The Morgan fingerprint density at radius 3 is 2.43 bits per heavy atom.